The quantitative estimate of drug-likeness (QED) is 0.672. The monoisotopic (exact) mass is 190 g/mol. The molecule has 14 heavy (non-hydrogen) atoms. The first-order chi connectivity index (χ1) is 6.86. The minimum absolute atomic E-state index is 1.09. The van der Waals surface area contributed by atoms with Crippen LogP contribution in [0.1, 0.15) is 38.7 Å². The minimum atomic E-state index is 1.09. The summed E-state index contributed by atoms with van der Waals surface area (Å²) in [5.74, 6) is 0. The number of hydrogen-bond donors (Lipinski definition) is 1. The predicted octanol–water partition coefficient (Wildman–Crippen LogP) is 3.86. The van der Waals surface area contributed by atoms with Crippen LogP contribution in [0.25, 0.3) is 0 Å². The van der Waals surface area contributed by atoms with Crippen LogP contribution in [0, 0.1) is 6.42 Å². The van der Waals surface area contributed by atoms with Gasteiger partial charge in [0, 0.05) is 12.2 Å². The van der Waals surface area contributed by atoms with Crippen molar-refractivity contribution in [1.82, 2.24) is 0 Å². The highest BCUT2D eigenvalue weighted by atomic mass is 14.9. The van der Waals surface area contributed by atoms with Crippen molar-refractivity contribution in [1.29, 1.82) is 0 Å². The van der Waals surface area contributed by atoms with Gasteiger partial charge in [-0.1, -0.05) is 38.8 Å². The van der Waals surface area contributed by atoms with E-state index in [-0.39, 0.29) is 0 Å². The van der Waals surface area contributed by atoms with Gasteiger partial charge >= 0.3 is 0 Å². The van der Waals surface area contributed by atoms with Crippen molar-refractivity contribution in [3.63, 3.8) is 0 Å². The van der Waals surface area contributed by atoms with Crippen LogP contribution in [0.2, 0.25) is 0 Å². The Morgan fingerprint density at radius 1 is 1.14 bits per heavy atom. The Hall–Kier alpha value is -0.980. The molecule has 1 aromatic carbocycles. The Morgan fingerprint density at radius 2 is 1.86 bits per heavy atom. The zero-order valence-corrected chi connectivity index (χ0v) is 9.22. The third-order valence-electron chi connectivity index (χ3n) is 2.35. The molecule has 0 saturated carbocycles. The van der Waals surface area contributed by atoms with Crippen molar-refractivity contribution in [3.05, 3.63) is 36.2 Å². The molecule has 0 aliphatic rings. The summed E-state index contributed by atoms with van der Waals surface area (Å²) in [5.41, 5.74) is 2.51. The van der Waals surface area contributed by atoms with Crippen LogP contribution in [0.15, 0.2) is 24.3 Å². The van der Waals surface area contributed by atoms with E-state index in [1.807, 2.05) is 0 Å². The van der Waals surface area contributed by atoms with Crippen LogP contribution in [-0.2, 0) is 0 Å². The van der Waals surface area contributed by atoms with Crippen LogP contribution < -0.4 is 5.32 Å². The van der Waals surface area contributed by atoms with E-state index in [2.05, 4.69) is 49.9 Å². The lowest BCUT2D eigenvalue weighted by atomic mass is 10.1. The van der Waals surface area contributed by atoms with E-state index in [1.165, 1.54) is 30.5 Å². The van der Waals surface area contributed by atoms with Crippen molar-refractivity contribution in [2.24, 2.45) is 0 Å². The number of nitrogens with one attached hydrogen (secondary N) is 1. The largest absolute Gasteiger partial charge is 0.385 e. The minimum Gasteiger partial charge on any atom is -0.385 e. The van der Waals surface area contributed by atoms with Crippen molar-refractivity contribution in [2.75, 3.05) is 11.9 Å². The number of hydrogen-bond acceptors (Lipinski definition) is 1. The van der Waals surface area contributed by atoms with Gasteiger partial charge in [-0.2, -0.15) is 0 Å². The fourth-order valence-corrected chi connectivity index (χ4v) is 1.40. The highest BCUT2D eigenvalue weighted by molar-refractivity contribution is 5.45. The van der Waals surface area contributed by atoms with Gasteiger partial charge in [-0.25, -0.2) is 0 Å². The molecule has 1 heteroatoms. The Bertz CT molecular complexity index is 238. The third kappa shape index (κ3) is 3.82. The Kier molecular flexibility index (Phi) is 5.13. The number of benzene rings is 1. The molecule has 0 saturated heterocycles. The highest BCUT2D eigenvalue weighted by Crippen LogP contribution is 2.10. The molecular formula is C13H20N. The van der Waals surface area contributed by atoms with Gasteiger partial charge in [0.15, 0.2) is 0 Å². The molecule has 0 aliphatic heterocycles. The summed E-state index contributed by atoms with van der Waals surface area (Å²) < 4.78 is 0. The van der Waals surface area contributed by atoms with Gasteiger partial charge in [-0.15, -0.1) is 0 Å². The molecule has 77 valence electrons. The summed E-state index contributed by atoms with van der Waals surface area (Å²) >= 11 is 0. The first-order valence-electron chi connectivity index (χ1n) is 5.50. The summed E-state index contributed by atoms with van der Waals surface area (Å²) in [6.45, 7) is 5.37. The lowest BCUT2D eigenvalue weighted by molar-refractivity contribution is 0.744. The molecule has 1 N–H and O–H groups in total. The summed E-state index contributed by atoms with van der Waals surface area (Å²) in [4.78, 5) is 0. The van der Waals surface area contributed by atoms with Crippen LogP contribution >= 0.6 is 0 Å². The molecule has 0 spiro atoms. The van der Waals surface area contributed by atoms with Crippen molar-refractivity contribution in [2.45, 2.75) is 33.1 Å². The molecule has 0 aliphatic carbocycles. The van der Waals surface area contributed by atoms with Crippen LogP contribution in [0.4, 0.5) is 5.69 Å². The molecule has 0 unspecified atom stereocenters. The average Bonchev–Trinajstić information content (AvgIpc) is 2.25. The zero-order chi connectivity index (χ0) is 10.2. The Labute approximate surface area is 87.5 Å². The van der Waals surface area contributed by atoms with Gasteiger partial charge in [0.05, 0.1) is 0 Å². The second-order valence-corrected chi connectivity index (χ2v) is 3.54. The number of unbranched alkanes of at least 4 members (excludes halogenated alkanes) is 2. The lowest BCUT2D eigenvalue weighted by Gasteiger charge is -2.06. The van der Waals surface area contributed by atoms with Gasteiger partial charge in [0.1, 0.15) is 0 Å². The Morgan fingerprint density at radius 3 is 2.43 bits per heavy atom. The van der Waals surface area contributed by atoms with E-state index in [0.717, 1.165) is 6.54 Å². The predicted molar refractivity (Wildman–Crippen MR) is 63.5 cm³/mol. The average molecular weight is 190 g/mol. The second kappa shape index (κ2) is 6.47. The molecule has 1 radical (unpaired) electrons. The second-order valence-electron chi connectivity index (χ2n) is 3.54. The topological polar surface area (TPSA) is 12.0 Å². The zero-order valence-electron chi connectivity index (χ0n) is 9.22. The van der Waals surface area contributed by atoms with E-state index in [9.17, 15) is 0 Å². The molecule has 0 fully saturated rings. The molecule has 1 rings (SSSR count). The maximum absolute atomic E-state index is 3.42. The molecule has 0 bridgehead atoms. The summed E-state index contributed by atoms with van der Waals surface area (Å²) in [5, 5.41) is 3.42. The summed E-state index contributed by atoms with van der Waals surface area (Å²) in [6, 6.07) is 8.56. The van der Waals surface area contributed by atoms with Gasteiger partial charge in [0.25, 0.3) is 0 Å². The smallest absolute Gasteiger partial charge is 0.0340 e. The lowest BCUT2D eigenvalue weighted by Crippen LogP contribution is -2.00. The van der Waals surface area contributed by atoms with E-state index >= 15 is 0 Å². The van der Waals surface area contributed by atoms with E-state index < -0.39 is 0 Å². The normalized spacial score (nSPS) is 10.1. The van der Waals surface area contributed by atoms with Gasteiger partial charge in [-0.05, 0) is 30.5 Å². The molecule has 0 amide bonds. The fraction of sp³-hybridized carbons (Fsp3) is 0.462. The maximum Gasteiger partial charge on any atom is 0.0340 e. The maximum atomic E-state index is 3.42. The highest BCUT2D eigenvalue weighted by Gasteiger charge is 1.92. The van der Waals surface area contributed by atoms with Crippen molar-refractivity contribution in [3.8, 4) is 0 Å². The number of anilines is 1. The fourth-order valence-electron chi connectivity index (χ4n) is 1.40. The van der Waals surface area contributed by atoms with Gasteiger partial charge in [-0.3, -0.25) is 0 Å². The first-order valence-corrected chi connectivity index (χ1v) is 5.50. The standard InChI is InChI=1S/C13H20N/c1-3-5-6-11-14-13-9-7-12(4-2)8-10-13/h4,7-10,14H,3,5-6,11H2,1-2H3. The SMILES string of the molecule is C[CH]c1ccc(NCCCCC)cc1. The van der Waals surface area contributed by atoms with E-state index in [0.29, 0.717) is 0 Å². The molecular weight excluding hydrogens is 170 g/mol. The number of rotatable bonds is 6. The molecule has 0 aromatic heterocycles. The van der Waals surface area contributed by atoms with Crippen LogP contribution in [-0.4, -0.2) is 6.54 Å². The molecule has 1 aromatic rings. The Balaban J connectivity index is 2.29. The van der Waals surface area contributed by atoms with Crippen LogP contribution in [0.5, 0.6) is 0 Å². The third-order valence-corrected chi connectivity index (χ3v) is 2.35. The van der Waals surface area contributed by atoms with Crippen molar-refractivity contribution >= 4 is 5.69 Å². The first kappa shape index (κ1) is 11.1. The van der Waals surface area contributed by atoms with E-state index in [1.54, 1.807) is 0 Å². The van der Waals surface area contributed by atoms with Gasteiger partial charge < -0.3 is 5.32 Å². The van der Waals surface area contributed by atoms with Crippen LogP contribution in [0.3, 0.4) is 0 Å². The molecule has 0 heterocycles. The molecule has 1 nitrogen and oxygen atoms in total. The molecule has 0 atom stereocenters. The summed E-state index contributed by atoms with van der Waals surface area (Å²) in [6.07, 6.45) is 5.97. The summed E-state index contributed by atoms with van der Waals surface area (Å²) in [7, 11) is 0. The van der Waals surface area contributed by atoms with Crippen molar-refractivity contribution < 1.29 is 0 Å². The van der Waals surface area contributed by atoms with Gasteiger partial charge in [0.2, 0.25) is 0 Å². The van der Waals surface area contributed by atoms with E-state index in [4.69, 9.17) is 0 Å².